The van der Waals surface area contributed by atoms with Crippen molar-refractivity contribution in [3.63, 3.8) is 0 Å². The highest BCUT2D eigenvalue weighted by Gasteiger charge is 2.24. The first kappa shape index (κ1) is 25.3. The minimum absolute atomic E-state index is 0.265. The van der Waals surface area contributed by atoms with Crippen LogP contribution in [0.4, 0.5) is 15.8 Å². The molecule has 3 aromatic carbocycles. The van der Waals surface area contributed by atoms with E-state index in [-0.39, 0.29) is 17.5 Å². The third-order valence-corrected chi connectivity index (χ3v) is 5.97. The van der Waals surface area contributed by atoms with Crippen LogP contribution in [0.2, 0.25) is 5.02 Å². The van der Waals surface area contributed by atoms with Crippen molar-refractivity contribution in [2.75, 3.05) is 18.5 Å². The summed E-state index contributed by atoms with van der Waals surface area (Å²) < 4.78 is 23.9. The van der Waals surface area contributed by atoms with Crippen LogP contribution in [0.25, 0.3) is 6.08 Å². The second-order valence-corrected chi connectivity index (χ2v) is 8.88. The van der Waals surface area contributed by atoms with Crippen LogP contribution in [-0.4, -0.2) is 30.2 Å². The van der Waals surface area contributed by atoms with E-state index in [1.165, 1.54) is 36.0 Å². The molecule has 0 unspecified atom stereocenters. The number of ether oxygens (including phenoxy) is 2. The lowest BCUT2D eigenvalue weighted by molar-refractivity contribution is -0.118. The number of carbonyl (C=O) groups excluding carboxylic acids is 2. The van der Waals surface area contributed by atoms with E-state index < -0.39 is 11.7 Å². The molecule has 0 aromatic heterocycles. The number of hydrogen-bond donors (Lipinski definition) is 2. The zero-order valence-electron chi connectivity index (χ0n) is 19.1. The van der Waals surface area contributed by atoms with Crippen molar-refractivity contribution >= 4 is 57.8 Å². The van der Waals surface area contributed by atoms with Gasteiger partial charge >= 0.3 is 0 Å². The van der Waals surface area contributed by atoms with Crippen molar-refractivity contribution in [2.45, 2.75) is 6.92 Å². The first-order chi connectivity index (χ1) is 17.4. The van der Waals surface area contributed by atoms with Gasteiger partial charge in [0.05, 0.1) is 22.2 Å². The SMILES string of the molecule is CCOc1ccc(N=C2NC(=O)/C(=C\c3ccc(OCC(=O)Nc4ccc(F)cc4)c(Cl)c3)S2)cc1. The molecule has 4 rings (SSSR count). The second-order valence-electron chi connectivity index (χ2n) is 7.44. The normalized spacial score (nSPS) is 15.1. The molecule has 0 spiro atoms. The molecule has 10 heteroatoms. The molecule has 0 aliphatic carbocycles. The van der Waals surface area contributed by atoms with E-state index in [9.17, 15) is 14.0 Å². The summed E-state index contributed by atoms with van der Waals surface area (Å²) in [5, 5.41) is 6.10. The molecule has 1 saturated heterocycles. The summed E-state index contributed by atoms with van der Waals surface area (Å²) in [6.07, 6.45) is 1.69. The Hall–Kier alpha value is -3.82. The number of thioether (sulfide) groups is 1. The zero-order valence-corrected chi connectivity index (χ0v) is 20.7. The molecule has 1 fully saturated rings. The zero-order chi connectivity index (χ0) is 25.5. The van der Waals surface area contributed by atoms with Crippen LogP contribution in [0.15, 0.2) is 76.6 Å². The predicted molar refractivity (Wildman–Crippen MR) is 140 cm³/mol. The molecule has 3 aromatic rings. The molecule has 7 nitrogen and oxygen atoms in total. The van der Waals surface area contributed by atoms with Gasteiger partial charge in [-0.15, -0.1) is 0 Å². The molecular weight excluding hydrogens is 505 g/mol. The Balaban J connectivity index is 1.36. The molecule has 0 bridgehead atoms. The van der Waals surface area contributed by atoms with Gasteiger partial charge in [0.1, 0.15) is 17.3 Å². The Bertz CT molecular complexity index is 1330. The highest BCUT2D eigenvalue weighted by molar-refractivity contribution is 8.18. The Kier molecular flexibility index (Phi) is 8.24. The van der Waals surface area contributed by atoms with E-state index in [1.807, 2.05) is 31.2 Å². The fraction of sp³-hybridized carbons (Fsp3) is 0.115. The smallest absolute Gasteiger partial charge is 0.264 e. The number of amidine groups is 1. The minimum atomic E-state index is -0.415. The van der Waals surface area contributed by atoms with E-state index in [2.05, 4.69) is 15.6 Å². The van der Waals surface area contributed by atoms with Crippen molar-refractivity contribution in [1.82, 2.24) is 5.32 Å². The summed E-state index contributed by atoms with van der Waals surface area (Å²) in [7, 11) is 0. The van der Waals surface area contributed by atoms with Crippen LogP contribution in [0.5, 0.6) is 11.5 Å². The van der Waals surface area contributed by atoms with Gasteiger partial charge in [-0.2, -0.15) is 0 Å². The molecular formula is C26H21ClFN3O4S. The number of nitrogens with zero attached hydrogens (tertiary/aromatic N) is 1. The van der Waals surface area contributed by atoms with Gasteiger partial charge in [0.25, 0.3) is 11.8 Å². The maximum absolute atomic E-state index is 13.0. The average molecular weight is 526 g/mol. The predicted octanol–water partition coefficient (Wildman–Crippen LogP) is 5.79. The lowest BCUT2D eigenvalue weighted by atomic mass is 10.2. The van der Waals surface area contributed by atoms with E-state index in [4.69, 9.17) is 21.1 Å². The first-order valence-electron chi connectivity index (χ1n) is 10.9. The topological polar surface area (TPSA) is 89.0 Å². The van der Waals surface area contributed by atoms with Gasteiger partial charge in [-0.1, -0.05) is 17.7 Å². The highest BCUT2D eigenvalue weighted by Crippen LogP contribution is 2.31. The molecule has 1 heterocycles. The number of halogens is 2. The average Bonchev–Trinajstić information content (AvgIpc) is 3.19. The summed E-state index contributed by atoms with van der Waals surface area (Å²) >= 11 is 7.53. The second kappa shape index (κ2) is 11.7. The molecule has 2 N–H and O–H groups in total. The van der Waals surface area contributed by atoms with Gasteiger partial charge in [-0.05, 0) is 91.0 Å². The van der Waals surface area contributed by atoms with Crippen molar-refractivity contribution in [2.24, 2.45) is 4.99 Å². The van der Waals surface area contributed by atoms with Crippen molar-refractivity contribution in [3.05, 3.63) is 88.0 Å². The maximum atomic E-state index is 13.0. The Morgan fingerprint density at radius 1 is 1.11 bits per heavy atom. The van der Waals surface area contributed by atoms with Gasteiger partial charge < -0.3 is 20.1 Å². The minimum Gasteiger partial charge on any atom is -0.494 e. The van der Waals surface area contributed by atoms with Crippen LogP contribution >= 0.6 is 23.4 Å². The Morgan fingerprint density at radius 2 is 1.86 bits per heavy atom. The third kappa shape index (κ3) is 6.87. The van der Waals surface area contributed by atoms with Gasteiger partial charge in [-0.25, -0.2) is 9.38 Å². The number of carbonyl (C=O) groups is 2. The van der Waals surface area contributed by atoms with E-state index in [1.54, 1.807) is 24.3 Å². The molecule has 2 amide bonds. The molecule has 0 atom stereocenters. The quantitative estimate of drug-likeness (QED) is 0.363. The summed E-state index contributed by atoms with van der Waals surface area (Å²) in [4.78, 5) is 29.4. The molecule has 0 radical (unpaired) electrons. The maximum Gasteiger partial charge on any atom is 0.264 e. The number of anilines is 1. The lowest BCUT2D eigenvalue weighted by Crippen LogP contribution is -2.20. The van der Waals surface area contributed by atoms with Gasteiger partial charge in [0.2, 0.25) is 0 Å². The number of aliphatic imine (C=N–C) groups is 1. The number of nitrogens with one attached hydrogen (secondary N) is 2. The highest BCUT2D eigenvalue weighted by atomic mass is 35.5. The van der Waals surface area contributed by atoms with Crippen LogP contribution in [0.1, 0.15) is 12.5 Å². The third-order valence-electron chi connectivity index (χ3n) is 4.77. The molecule has 36 heavy (non-hydrogen) atoms. The van der Waals surface area contributed by atoms with E-state index in [0.717, 1.165) is 5.75 Å². The fourth-order valence-electron chi connectivity index (χ4n) is 3.13. The van der Waals surface area contributed by atoms with Crippen LogP contribution in [0, 0.1) is 5.82 Å². The largest absolute Gasteiger partial charge is 0.494 e. The summed E-state index contributed by atoms with van der Waals surface area (Å²) in [5.41, 5.74) is 1.83. The number of hydrogen-bond acceptors (Lipinski definition) is 6. The molecule has 0 saturated carbocycles. The van der Waals surface area contributed by atoms with E-state index in [0.29, 0.717) is 39.4 Å². The monoisotopic (exact) mass is 525 g/mol. The first-order valence-corrected chi connectivity index (χ1v) is 12.1. The lowest BCUT2D eigenvalue weighted by Gasteiger charge is -2.09. The number of benzene rings is 3. The van der Waals surface area contributed by atoms with E-state index >= 15 is 0 Å². The Morgan fingerprint density at radius 3 is 2.56 bits per heavy atom. The standard InChI is InChI=1S/C26H21ClFN3O4S/c1-2-34-20-10-8-19(9-11-20)30-26-31-25(33)23(36-26)14-16-3-12-22(21(27)13-16)35-15-24(32)29-18-6-4-17(28)5-7-18/h3-14H,2,15H2,1H3,(H,29,32)(H,30,31,33)/b23-14+. The van der Waals surface area contributed by atoms with Gasteiger partial charge in [0, 0.05) is 5.69 Å². The summed E-state index contributed by atoms with van der Waals surface area (Å²) in [5.74, 6) is -0.00568. The molecule has 1 aliphatic heterocycles. The molecule has 1 aliphatic rings. The fourth-order valence-corrected chi connectivity index (χ4v) is 4.22. The van der Waals surface area contributed by atoms with Crippen molar-refractivity contribution in [3.8, 4) is 11.5 Å². The number of rotatable bonds is 8. The summed E-state index contributed by atoms with van der Waals surface area (Å²) in [6, 6.07) is 17.6. The van der Waals surface area contributed by atoms with Crippen molar-refractivity contribution < 1.29 is 23.5 Å². The van der Waals surface area contributed by atoms with Gasteiger partial charge in [-0.3, -0.25) is 9.59 Å². The summed E-state index contributed by atoms with van der Waals surface area (Å²) in [6.45, 7) is 2.22. The number of amides is 2. The van der Waals surface area contributed by atoms with Crippen LogP contribution < -0.4 is 20.1 Å². The van der Waals surface area contributed by atoms with Crippen LogP contribution in [-0.2, 0) is 9.59 Å². The van der Waals surface area contributed by atoms with Crippen LogP contribution in [0.3, 0.4) is 0 Å². The van der Waals surface area contributed by atoms with Crippen molar-refractivity contribution in [1.29, 1.82) is 0 Å². The Labute approximate surface area is 216 Å². The molecule has 184 valence electrons. The van der Waals surface area contributed by atoms with Gasteiger partial charge in [0.15, 0.2) is 11.8 Å².